The van der Waals surface area contributed by atoms with E-state index in [0.29, 0.717) is 22.7 Å². The quantitative estimate of drug-likeness (QED) is 0.245. The summed E-state index contributed by atoms with van der Waals surface area (Å²) in [4.78, 5) is 17.3. The number of likely N-dealkylation sites (N-methyl/N-ethyl adjacent to an activating group) is 1. The summed E-state index contributed by atoms with van der Waals surface area (Å²) in [5, 5.41) is 6.91. The summed E-state index contributed by atoms with van der Waals surface area (Å²) in [6.45, 7) is 10.1. The maximum atomic E-state index is 14.0. The third-order valence-corrected chi connectivity index (χ3v) is 11.3. The van der Waals surface area contributed by atoms with Crippen LogP contribution in [0.25, 0.3) is 0 Å². The fourth-order valence-electron chi connectivity index (χ4n) is 7.21. The molecule has 0 unspecified atom stereocenters. The second kappa shape index (κ2) is 12.6. The van der Waals surface area contributed by atoms with E-state index in [-0.39, 0.29) is 17.6 Å². The van der Waals surface area contributed by atoms with Gasteiger partial charge in [-0.2, -0.15) is 8.87 Å². The van der Waals surface area contributed by atoms with Gasteiger partial charge in [0.25, 0.3) is 0 Å². The molecular formula is C33H43FN8S2. The zero-order valence-corrected chi connectivity index (χ0v) is 27.6. The van der Waals surface area contributed by atoms with Crippen molar-refractivity contribution >= 4 is 58.6 Å². The summed E-state index contributed by atoms with van der Waals surface area (Å²) in [5.74, 6) is 0.924. The molecule has 3 aliphatic heterocycles. The minimum Gasteiger partial charge on any atom is -0.371 e. The second-order valence-corrected chi connectivity index (χ2v) is 14.1. The molecule has 1 aromatic heterocycles. The van der Waals surface area contributed by atoms with Crippen molar-refractivity contribution in [1.29, 1.82) is 0 Å². The molecule has 11 heteroatoms. The summed E-state index contributed by atoms with van der Waals surface area (Å²) >= 11 is 1.91. The van der Waals surface area contributed by atoms with Gasteiger partial charge in [-0.15, -0.1) is 0 Å². The number of benzene rings is 2. The molecule has 0 bridgehead atoms. The van der Waals surface area contributed by atoms with Gasteiger partial charge in [0.05, 0.1) is 29.7 Å². The van der Waals surface area contributed by atoms with Gasteiger partial charge in [-0.25, -0.2) is 4.98 Å². The highest BCUT2D eigenvalue weighted by atomic mass is 32.2. The summed E-state index contributed by atoms with van der Waals surface area (Å²) in [5.41, 5.74) is 7.29. The second-order valence-electron chi connectivity index (χ2n) is 12.7. The molecule has 1 saturated carbocycles. The van der Waals surface area contributed by atoms with Gasteiger partial charge in [-0.05, 0) is 74.5 Å². The van der Waals surface area contributed by atoms with E-state index in [4.69, 9.17) is 4.98 Å². The topological polar surface area (TPSA) is 62.8 Å². The Bertz CT molecular complexity index is 1480. The van der Waals surface area contributed by atoms with Crippen LogP contribution < -0.4 is 19.8 Å². The van der Waals surface area contributed by atoms with Gasteiger partial charge in [0.1, 0.15) is 4.90 Å². The van der Waals surface area contributed by atoms with Crippen LogP contribution in [0.4, 0.5) is 38.4 Å². The minimum absolute atomic E-state index is 0.171. The SMILES string of the molecule is CCc1cc(N2CCC(N3CCN(C)CC3)CC2)ccc1Nc1ncc(SF)c(Nc2cccc3c2N(SC)CC32CC2)n1. The van der Waals surface area contributed by atoms with Crippen molar-refractivity contribution in [3.8, 4) is 0 Å². The van der Waals surface area contributed by atoms with Crippen molar-refractivity contribution in [3.05, 3.63) is 53.7 Å². The predicted octanol–water partition coefficient (Wildman–Crippen LogP) is 6.85. The van der Waals surface area contributed by atoms with E-state index in [1.54, 1.807) is 18.1 Å². The van der Waals surface area contributed by atoms with Crippen molar-refractivity contribution in [1.82, 2.24) is 19.8 Å². The normalized spacial score (nSPS) is 20.3. The van der Waals surface area contributed by atoms with E-state index in [9.17, 15) is 3.89 Å². The zero-order chi connectivity index (χ0) is 30.3. The molecule has 2 N–H and O–H groups in total. The number of aryl methyl sites for hydroxylation is 1. The Labute approximate surface area is 269 Å². The number of piperazine rings is 1. The number of halogens is 1. The largest absolute Gasteiger partial charge is 0.371 e. The molecule has 4 heterocycles. The highest BCUT2D eigenvalue weighted by Gasteiger charge is 2.52. The highest BCUT2D eigenvalue weighted by molar-refractivity contribution is 8.00. The van der Waals surface area contributed by atoms with Crippen LogP contribution >= 0.6 is 24.1 Å². The van der Waals surface area contributed by atoms with E-state index >= 15 is 0 Å². The average molecular weight is 635 g/mol. The van der Waals surface area contributed by atoms with E-state index in [1.807, 2.05) is 0 Å². The van der Waals surface area contributed by atoms with Gasteiger partial charge < -0.3 is 24.7 Å². The molecule has 4 aliphatic rings. The lowest BCUT2D eigenvalue weighted by Crippen LogP contribution is -2.52. The maximum absolute atomic E-state index is 14.0. The third-order valence-electron chi connectivity index (χ3n) is 10.1. The maximum Gasteiger partial charge on any atom is 0.229 e. The van der Waals surface area contributed by atoms with Crippen LogP contribution in [0.5, 0.6) is 0 Å². The van der Waals surface area contributed by atoms with Gasteiger partial charge in [-0.1, -0.05) is 31.0 Å². The van der Waals surface area contributed by atoms with Gasteiger partial charge in [0.15, 0.2) is 5.82 Å². The van der Waals surface area contributed by atoms with Crippen LogP contribution in [0.2, 0.25) is 0 Å². The Balaban J connectivity index is 1.06. The fourth-order valence-corrected chi connectivity index (χ4v) is 8.22. The number of aromatic nitrogens is 2. The average Bonchev–Trinajstić information content (AvgIpc) is 3.77. The number of nitrogens with one attached hydrogen (secondary N) is 2. The van der Waals surface area contributed by atoms with Crippen molar-refractivity contribution in [2.24, 2.45) is 0 Å². The first-order valence-corrected chi connectivity index (χ1v) is 17.9. The van der Waals surface area contributed by atoms with Gasteiger partial charge >= 0.3 is 0 Å². The Morgan fingerprint density at radius 1 is 1.00 bits per heavy atom. The molecule has 1 spiro atoms. The van der Waals surface area contributed by atoms with E-state index in [2.05, 4.69) is 91.2 Å². The molecule has 3 fully saturated rings. The first kappa shape index (κ1) is 30.0. The van der Waals surface area contributed by atoms with Crippen LogP contribution in [0, 0.1) is 0 Å². The number of hydrogen-bond donors (Lipinski definition) is 2. The zero-order valence-electron chi connectivity index (χ0n) is 26.0. The molecule has 1 aliphatic carbocycles. The Hall–Kier alpha value is -2.73. The summed E-state index contributed by atoms with van der Waals surface area (Å²) in [7, 11) is 2.22. The first-order valence-electron chi connectivity index (χ1n) is 16.0. The molecule has 0 radical (unpaired) electrons. The lowest BCUT2D eigenvalue weighted by atomic mass is 9.98. The van der Waals surface area contributed by atoms with Gasteiger partial charge in [-0.3, -0.25) is 4.90 Å². The predicted molar refractivity (Wildman–Crippen MR) is 184 cm³/mol. The summed E-state index contributed by atoms with van der Waals surface area (Å²) in [6, 6.07) is 13.8. The van der Waals surface area contributed by atoms with Crippen LogP contribution in [0.1, 0.15) is 43.7 Å². The standard InChI is InChI=1S/C33H43FN8S2/c1-4-23-20-25(40-14-10-24(11-15-40)41-18-16-39(2)17-19-41)8-9-27(23)37-32-35-21-29(44-34)31(38-32)36-28-7-5-6-26-30(28)42(43-3)22-33(26)12-13-33/h5-9,20-21,24H,4,10-19,22H2,1-3H3,(H2,35,36,37,38). The molecule has 234 valence electrons. The third kappa shape index (κ3) is 5.84. The van der Waals surface area contributed by atoms with Crippen molar-refractivity contribution < 1.29 is 3.89 Å². The Morgan fingerprint density at radius 2 is 1.80 bits per heavy atom. The Morgan fingerprint density at radius 3 is 2.50 bits per heavy atom. The molecule has 0 atom stereocenters. The van der Waals surface area contributed by atoms with Crippen molar-refractivity contribution in [3.63, 3.8) is 0 Å². The number of hydrogen-bond acceptors (Lipinski definition) is 10. The van der Waals surface area contributed by atoms with Crippen LogP contribution in [0.15, 0.2) is 47.5 Å². The van der Waals surface area contributed by atoms with Gasteiger partial charge in [0.2, 0.25) is 5.95 Å². The Kier molecular flexibility index (Phi) is 8.56. The number of anilines is 6. The van der Waals surface area contributed by atoms with Crippen LogP contribution in [0.3, 0.4) is 0 Å². The van der Waals surface area contributed by atoms with E-state index < -0.39 is 0 Å². The lowest BCUT2D eigenvalue weighted by Gasteiger charge is -2.42. The monoisotopic (exact) mass is 634 g/mol. The number of fused-ring (bicyclic) bond motifs is 2. The van der Waals surface area contributed by atoms with Gasteiger partial charge in [0, 0.05) is 74.9 Å². The van der Waals surface area contributed by atoms with Crippen LogP contribution in [-0.4, -0.2) is 84.9 Å². The fraction of sp³-hybridized carbons (Fsp3) is 0.515. The molecule has 0 amide bonds. The molecular weight excluding hydrogens is 592 g/mol. The number of para-hydroxylation sites is 1. The van der Waals surface area contributed by atoms with E-state index in [0.717, 1.165) is 37.4 Å². The molecule has 3 aromatic rings. The summed E-state index contributed by atoms with van der Waals surface area (Å²) < 4.78 is 16.4. The highest BCUT2D eigenvalue weighted by Crippen LogP contribution is 2.59. The molecule has 44 heavy (non-hydrogen) atoms. The van der Waals surface area contributed by atoms with E-state index in [1.165, 1.54) is 74.4 Å². The minimum atomic E-state index is 0.171. The number of rotatable bonds is 9. The number of nitrogens with zero attached hydrogens (tertiary/aromatic N) is 6. The smallest absolute Gasteiger partial charge is 0.229 e. The number of piperidine rings is 1. The van der Waals surface area contributed by atoms with Crippen molar-refractivity contribution in [2.75, 3.05) is 79.0 Å². The molecule has 2 aromatic carbocycles. The molecule has 2 saturated heterocycles. The van der Waals surface area contributed by atoms with Crippen molar-refractivity contribution in [2.45, 2.75) is 55.4 Å². The first-order chi connectivity index (χ1) is 21.5. The van der Waals surface area contributed by atoms with Crippen LogP contribution in [-0.2, 0) is 11.8 Å². The molecule has 7 rings (SSSR count). The lowest BCUT2D eigenvalue weighted by molar-refractivity contribution is 0.0982. The summed E-state index contributed by atoms with van der Waals surface area (Å²) in [6.07, 6.45) is 9.44. The molecule has 8 nitrogen and oxygen atoms in total.